The number of hydrogen-bond acceptors (Lipinski definition) is 5. The molecular weight excluding hydrogens is 355 g/mol. The van der Waals surface area contributed by atoms with Crippen LogP contribution in [0.15, 0.2) is 30.7 Å². The van der Waals surface area contributed by atoms with E-state index in [0.717, 1.165) is 39.2 Å². The predicted molar refractivity (Wildman–Crippen MR) is 95.5 cm³/mol. The summed E-state index contributed by atoms with van der Waals surface area (Å²) in [6, 6.07) is 2.56. The first-order valence-electron chi connectivity index (χ1n) is 8.20. The molecule has 3 heterocycles. The lowest BCUT2D eigenvalue weighted by Crippen LogP contribution is -2.31. The first-order valence-corrected chi connectivity index (χ1v) is 9.02. The number of carbonyl (C=O) groups is 1. The van der Waals surface area contributed by atoms with Crippen molar-refractivity contribution in [3.63, 3.8) is 0 Å². The minimum atomic E-state index is -1.07. The summed E-state index contributed by atoms with van der Waals surface area (Å²) in [6.45, 7) is 1.98. The largest absolute Gasteiger partial charge is 0.478 e. The first kappa shape index (κ1) is 16.9. The number of thiazole rings is 1. The van der Waals surface area contributed by atoms with E-state index in [1.54, 1.807) is 22.2 Å². The molecular formula is C18H17FN4O2S. The number of fused-ring (bicyclic) bond motifs is 1. The molecule has 0 spiro atoms. The SMILES string of the molecule is Cn1cc(-c2ncc(CN3CCc4c(cc(F)cc4C(=O)O)C3)s2)cn1. The standard InChI is InChI=1S/C18H17FN4O2S/c1-22-8-12(6-21-22)17-20-7-14(26-17)10-23-3-2-15-11(9-23)4-13(19)5-16(15)18(24)25/h4-8H,2-3,9-10H2,1H3,(H,24,25). The van der Waals surface area contributed by atoms with Crippen LogP contribution in [-0.4, -0.2) is 37.3 Å². The quantitative estimate of drug-likeness (QED) is 0.762. The van der Waals surface area contributed by atoms with Gasteiger partial charge in [0.2, 0.25) is 0 Å². The zero-order chi connectivity index (χ0) is 18.3. The molecule has 0 saturated heterocycles. The van der Waals surface area contributed by atoms with Crippen molar-refractivity contribution >= 4 is 17.3 Å². The van der Waals surface area contributed by atoms with E-state index in [2.05, 4.69) is 15.0 Å². The van der Waals surface area contributed by atoms with Crippen LogP contribution >= 0.6 is 11.3 Å². The van der Waals surface area contributed by atoms with Gasteiger partial charge in [0.25, 0.3) is 0 Å². The molecule has 8 heteroatoms. The second-order valence-electron chi connectivity index (χ2n) is 6.39. The van der Waals surface area contributed by atoms with E-state index in [4.69, 9.17) is 0 Å². The van der Waals surface area contributed by atoms with Crippen molar-refractivity contribution in [3.8, 4) is 10.6 Å². The normalized spacial score (nSPS) is 14.4. The Kier molecular flexibility index (Phi) is 4.29. The van der Waals surface area contributed by atoms with E-state index in [-0.39, 0.29) is 5.56 Å². The Hall–Kier alpha value is -2.58. The van der Waals surface area contributed by atoms with Gasteiger partial charge >= 0.3 is 5.97 Å². The Balaban J connectivity index is 1.52. The van der Waals surface area contributed by atoms with E-state index in [1.165, 1.54) is 6.07 Å². The average Bonchev–Trinajstić information content (AvgIpc) is 3.22. The number of benzene rings is 1. The van der Waals surface area contributed by atoms with Crippen LogP contribution in [0.4, 0.5) is 4.39 Å². The number of rotatable bonds is 4. The lowest BCUT2D eigenvalue weighted by atomic mass is 9.94. The molecule has 0 unspecified atom stereocenters. The van der Waals surface area contributed by atoms with Crippen LogP contribution in [0.3, 0.4) is 0 Å². The van der Waals surface area contributed by atoms with Gasteiger partial charge in [0.05, 0.1) is 11.8 Å². The molecule has 134 valence electrons. The molecule has 1 N–H and O–H groups in total. The average molecular weight is 372 g/mol. The Morgan fingerprint density at radius 3 is 2.96 bits per heavy atom. The minimum Gasteiger partial charge on any atom is -0.478 e. The van der Waals surface area contributed by atoms with E-state index in [9.17, 15) is 14.3 Å². The van der Waals surface area contributed by atoms with E-state index < -0.39 is 11.8 Å². The van der Waals surface area contributed by atoms with Crippen LogP contribution in [0.5, 0.6) is 0 Å². The Morgan fingerprint density at radius 1 is 1.38 bits per heavy atom. The van der Waals surface area contributed by atoms with Gasteiger partial charge in [-0.05, 0) is 29.7 Å². The molecule has 0 saturated carbocycles. The third-order valence-electron chi connectivity index (χ3n) is 4.49. The molecule has 1 aliphatic heterocycles. The van der Waals surface area contributed by atoms with Crippen LogP contribution in [-0.2, 0) is 26.6 Å². The summed E-state index contributed by atoms with van der Waals surface area (Å²) in [5.74, 6) is -1.57. The van der Waals surface area contributed by atoms with Crippen molar-refractivity contribution in [1.29, 1.82) is 0 Å². The van der Waals surface area contributed by atoms with Crippen molar-refractivity contribution < 1.29 is 14.3 Å². The third-order valence-corrected chi connectivity index (χ3v) is 5.53. The van der Waals surface area contributed by atoms with Crippen LogP contribution in [0.2, 0.25) is 0 Å². The Bertz CT molecular complexity index is 981. The van der Waals surface area contributed by atoms with Gasteiger partial charge < -0.3 is 5.11 Å². The maximum atomic E-state index is 13.8. The van der Waals surface area contributed by atoms with Gasteiger partial charge in [-0.3, -0.25) is 9.58 Å². The molecule has 0 fully saturated rings. The fourth-order valence-electron chi connectivity index (χ4n) is 3.31. The predicted octanol–water partition coefficient (Wildman–Crippen LogP) is 2.94. The fraction of sp³-hybridized carbons (Fsp3) is 0.278. The Labute approximate surface area is 153 Å². The number of aromatic carboxylic acids is 1. The zero-order valence-corrected chi connectivity index (χ0v) is 15.0. The summed E-state index contributed by atoms with van der Waals surface area (Å²) in [7, 11) is 1.87. The summed E-state index contributed by atoms with van der Waals surface area (Å²) in [4.78, 5) is 19.1. The topological polar surface area (TPSA) is 71.2 Å². The summed E-state index contributed by atoms with van der Waals surface area (Å²) in [5, 5.41) is 14.4. The molecule has 4 rings (SSSR count). The van der Waals surface area contributed by atoms with Gasteiger partial charge in [0.15, 0.2) is 0 Å². The molecule has 3 aromatic rings. The molecule has 26 heavy (non-hydrogen) atoms. The molecule has 1 aromatic carbocycles. The molecule has 6 nitrogen and oxygen atoms in total. The number of hydrogen-bond donors (Lipinski definition) is 1. The van der Waals surface area contributed by atoms with Crippen molar-refractivity contribution in [2.75, 3.05) is 6.54 Å². The summed E-state index contributed by atoms with van der Waals surface area (Å²) >= 11 is 1.61. The first-order chi connectivity index (χ1) is 12.5. The highest BCUT2D eigenvalue weighted by Crippen LogP contribution is 2.28. The monoisotopic (exact) mass is 372 g/mol. The van der Waals surface area contributed by atoms with E-state index in [0.29, 0.717) is 19.5 Å². The van der Waals surface area contributed by atoms with Gasteiger partial charge in [-0.15, -0.1) is 11.3 Å². The molecule has 1 aliphatic rings. The Morgan fingerprint density at radius 2 is 2.23 bits per heavy atom. The van der Waals surface area contributed by atoms with Gasteiger partial charge in [-0.2, -0.15) is 5.10 Å². The van der Waals surface area contributed by atoms with Crippen LogP contribution in [0.1, 0.15) is 26.4 Å². The highest BCUT2D eigenvalue weighted by atomic mass is 32.1. The third kappa shape index (κ3) is 3.25. The highest BCUT2D eigenvalue weighted by Gasteiger charge is 2.23. The maximum absolute atomic E-state index is 13.8. The molecule has 0 aliphatic carbocycles. The smallest absolute Gasteiger partial charge is 0.336 e. The van der Waals surface area contributed by atoms with Crippen LogP contribution < -0.4 is 0 Å². The van der Waals surface area contributed by atoms with Gasteiger partial charge in [0.1, 0.15) is 10.8 Å². The molecule has 0 radical (unpaired) electrons. The number of nitrogens with zero attached hydrogens (tertiary/aromatic N) is 4. The van der Waals surface area contributed by atoms with Gasteiger partial charge in [-0.25, -0.2) is 14.2 Å². The highest BCUT2D eigenvalue weighted by molar-refractivity contribution is 7.15. The summed E-state index contributed by atoms with van der Waals surface area (Å²) in [5.41, 5.74) is 2.57. The maximum Gasteiger partial charge on any atom is 0.336 e. The fourth-order valence-corrected chi connectivity index (χ4v) is 4.24. The molecule has 0 bridgehead atoms. The van der Waals surface area contributed by atoms with Gasteiger partial charge in [-0.1, -0.05) is 0 Å². The lowest BCUT2D eigenvalue weighted by molar-refractivity contribution is 0.0694. The summed E-state index contributed by atoms with van der Waals surface area (Å²) in [6.07, 6.45) is 6.17. The number of carboxylic acids is 1. The van der Waals surface area contributed by atoms with Crippen molar-refractivity contribution in [1.82, 2.24) is 19.7 Å². The number of aryl methyl sites for hydroxylation is 1. The van der Waals surface area contributed by atoms with Gasteiger partial charge in [0, 0.05) is 49.5 Å². The number of carboxylic acid groups (broad SMARTS) is 1. The second-order valence-corrected chi connectivity index (χ2v) is 7.51. The van der Waals surface area contributed by atoms with E-state index >= 15 is 0 Å². The van der Waals surface area contributed by atoms with E-state index in [1.807, 2.05) is 19.4 Å². The molecule has 0 atom stereocenters. The van der Waals surface area contributed by atoms with Crippen molar-refractivity contribution in [2.24, 2.45) is 7.05 Å². The molecule has 0 amide bonds. The number of aromatic nitrogens is 3. The minimum absolute atomic E-state index is 0.0799. The lowest BCUT2D eigenvalue weighted by Gasteiger charge is -2.29. The molecule has 2 aromatic heterocycles. The van der Waals surface area contributed by atoms with Crippen LogP contribution in [0.25, 0.3) is 10.6 Å². The summed E-state index contributed by atoms with van der Waals surface area (Å²) < 4.78 is 15.5. The van der Waals surface area contributed by atoms with Crippen molar-refractivity contribution in [3.05, 3.63) is 58.1 Å². The van der Waals surface area contributed by atoms with Crippen LogP contribution in [0, 0.1) is 5.82 Å². The zero-order valence-electron chi connectivity index (χ0n) is 14.1. The van der Waals surface area contributed by atoms with Crippen molar-refractivity contribution in [2.45, 2.75) is 19.5 Å². The second kappa shape index (κ2) is 6.62. The number of halogens is 1.